The molecule has 0 bridgehead atoms. The Morgan fingerprint density at radius 2 is 0.870 bits per heavy atom. The van der Waals surface area contributed by atoms with E-state index in [1.807, 2.05) is 0 Å². The summed E-state index contributed by atoms with van der Waals surface area (Å²) in [5.41, 5.74) is 0. The fraction of sp³-hybridized carbons (Fsp3) is 0.854. The topological polar surface area (TPSA) is 72.8 Å². The van der Waals surface area contributed by atoms with Crippen LogP contribution in [0.25, 0.3) is 0 Å². The Morgan fingerprint density at radius 3 is 1.33 bits per heavy atom. The molecule has 46 heavy (non-hydrogen) atoms. The second-order valence-corrected chi connectivity index (χ2v) is 13.4. The number of allylic oxidation sites excluding steroid dienone is 4. The summed E-state index contributed by atoms with van der Waals surface area (Å²) in [6.45, 7) is 4.11. The molecule has 0 aliphatic carbocycles. The Labute approximate surface area is 285 Å². The molecule has 270 valence electrons. The van der Waals surface area contributed by atoms with E-state index in [0.717, 1.165) is 51.4 Å². The van der Waals surface area contributed by atoms with Crippen molar-refractivity contribution in [3.05, 3.63) is 24.3 Å². The lowest BCUT2D eigenvalue weighted by atomic mass is 10.0. The van der Waals surface area contributed by atoms with E-state index in [4.69, 9.17) is 9.47 Å². The van der Waals surface area contributed by atoms with Gasteiger partial charge in [0.2, 0.25) is 0 Å². The second-order valence-electron chi connectivity index (χ2n) is 13.4. The summed E-state index contributed by atoms with van der Waals surface area (Å²) in [4.78, 5) is 24.2. The number of unbranched alkanes of at least 4 members (excludes halogenated alkanes) is 24. The molecule has 0 saturated heterocycles. The molecule has 1 N–H and O–H groups in total. The van der Waals surface area contributed by atoms with Crippen molar-refractivity contribution >= 4 is 11.9 Å². The maximum atomic E-state index is 12.1. The molecule has 0 spiro atoms. The first-order chi connectivity index (χ1) is 22.6. The van der Waals surface area contributed by atoms with Crippen molar-refractivity contribution in [1.82, 2.24) is 0 Å². The highest BCUT2D eigenvalue weighted by molar-refractivity contribution is 5.70. The lowest BCUT2D eigenvalue weighted by molar-refractivity contribution is -0.161. The molecule has 5 heteroatoms. The number of hydrogen-bond acceptors (Lipinski definition) is 5. The SMILES string of the molecule is CCCCC/C=C\C/C=C\CCCCCCCC(=O)OC(CO)COC(=O)CCCCCCCCCCCCCCCCCCC. The largest absolute Gasteiger partial charge is 0.462 e. The molecule has 0 aromatic heterocycles. The molecule has 0 aromatic rings. The highest BCUT2D eigenvalue weighted by Crippen LogP contribution is 2.15. The Bertz CT molecular complexity index is 701. The molecule has 0 heterocycles. The Balaban J connectivity index is 3.54. The number of esters is 2. The van der Waals surface area contributed by atoms with Crippen molar-refractivity contribution < 1.29 is 24.2 Å². The zero-order valence-electron chi connectivity index (χ0n) is 30.6. The van der Waals surface area contributed by atoms with Crippen LogP contribution in [0.4, 0.5) is 0 Å². The van der Waals surface area contributed by atoms with Gasteiger partial charge < -0.3 is 14.6 Å². The minimum absolute atomic E-state index is 0.0673. The second kappa shape index (κ2) is 37.8. The number of ether oxygens (including phenoxy) is 2. The van der Waals surface area contributed by atoms with Crippen molar-refractivity contribution in [1.29, 1.82) is 0 Å². The van der Waals surface area contributed by atoms with E-state index in [0.29, 0.717) is 12.8 Å². The van der Waals surface area contributed by atoms with Gasteiger partial charge in [0.15, 0.2) is 6.10 Å². The third-order valence-corrected chi connectivity index (χ3v) is 8.75. The van der Waals surface area contributed by atoms with Gasteiger partial charge in [0.25, 0.3) is 0 Å². The molecule has 0 amide bonds. The molecule has 0 fully saturated rings. The fourth-order valence-electron chi connectivity index (χ4n) is 5.70. The third-order valence-electron chi connectivity index (χ3n) is 8.75. The van der Waals surface area contributed by atoms with Crippen LogP contribution in [0.3, 0.4) is 0 Å². The van der Waals surface area contributed by atoms with Gasteiger partial charge in [-0.1, -0.05) is 173 Å². The predicted octanol–water partition coefficient (Wildman–Crippen LogP) is 12.3. The van der Waals surface area contributed by atoms with Gasteiger partial charge in [0.05, 0.1) is 6.61 Å². The lowest BCUT2D eigenvalue weighted by Gasteiger charge is -2.15. The van der Waals surface area contributed by atoms with E-state index in [-0.39, 0.29) is 25.2 Å². The van der Waals surface area contributed by atoms with Crippen LogP contribution in [0.2, 0.25) is 0 Å². The summed E-state index contributed by atoms with van der Waals surface area (Å²) in [5.74, 6) is -0.599. The van der Waals surface area contributed by atoms with Crippen LogP contribution in [-0.2, 0) is 19.1 Å². The van der Waals surface area contributed by atoms with Crippen LogP contribution in [0.1, 0.15) is 206 Å². The van der Waals surface area contributed by atoms with Gasteiger partial charge in [-0.25, -0.2) is 0 Å². The number of rotatable bonds is 36. The zero-order valence-corrected chi connectivity index (χ0v) is 30.6. The minimum Gasteiger partial charge on any atom is -0.462 e. The quantitative estimate of drug-likeness (QED) is 0.0416. The van der Waals surface area contributed by atoms with Gasteiger partial charge >= 0.3 is 11.9 Å². The molecule has 0 radical (unpaired) electrons. The van der Waals surface area contributed by atoms with E-state index < -0.39 is 6.10 Å². The van der Waals surface area contributed by atoms with Crippen molar-refractivity contribution in [2.24, 2.45) is 0 Å². The molecule has 0 aromatic carbocycles. The van der Waals surface area contributed by atoms with Crippen molar-refractivity contribution in [3.8, 4) is 0 Å². The van der Waals surface area contributed by atoms with Gasteiger partial charge in [-0.3, -0.25) is 9.59 Å². The number of aliphatic hydroxyl groups excluding tert-OH is 1. The average Bonchev–Trinajstić information content (AvgIpc) is 3.06. The summed E-state index contributed by atoms with van der Waals surface area (Å²) in [7, 11) is 0. The standard InChI is InChI=1S/C41H76O5/c1-3-5-7-9-11-13-15-17-19-20-22-23-25-27-29-31-33-35-40(43)45-38-39(37-42)46-41(44)36-34-32-30-28-26-24-21-18-16-14-12-10-8-6-4-2/h12,14,18,21,39,42H,3-11,13,15-17,19-20,22-38H2,1-2H3/b14-12-,21-18-. The molecule has 1 unspecified atom stereocenters. The molecule has 0 aliphatic rings. The summed E-state index contributed by atoms with van der Waals surface area (Å²) in [6.07, 6.45) is 43.8. The Morgan fingerprint density at radius 1 is 0.500 bits per heavy atom. The van der Waals surface area contributed by atoms with E-state index in [9.17, 15) is 14.7 Å². The summed E-state index contributed by atoms with van der Waals surface area (Å²) >= 11 is 0. The van der Waals surface area contributed by atoms with Crippen LogP contribution >= 0.6 is 0 Å². The molecule has 5 nitrogen and oxygen atoms in total. The van der Waals surface area contributed by atoms with Crippen molar-refractivity contribution in [2.75, 3.05) is 13.2 Å². The van der Waals surface area contributed by atoms with E-state index in [1.165, 1.54) is 128 Å². The van der Waals surface area contributed by atoms with Crippen LogP contribution in [0.5, 0.6) is 0 Å². The van der Waals surface area contributed by atoms with Gasteiger partial charge in [0.1, 0.15) is 6.61 Å². The minimum atomic E-state index is -0.773. The first-order valence-electron chi connectivity index (χ1n) is 19.9. The predicted molar refractivity (Wildman–Crippen MR) is 196 cm³/mol. The monoisotopic (exact) mass is 649 g/mol. The van der Waals surface area contributed by atoms with Gasteiger partial charge in [-0.15, -0.1) is 0 Å². The average molecular weight is 649 g/mol. The Hall–Kier alpha value is -1.62. The molecular formula is C41H76O5. The van der Waals surface area contributed by atoms with Crippen LogP contribution < -0.4 is 0 Å². The molecule has 1 atom stereocenters. The molecule has 0 aliphatic heterocycles. The highest BCUT2D eigenvalue weighted by atomic mass is 16.6. The van der Waals surface area contributed by atoms with Crippen molar-refractivity contribution in [3.63, 3.8) is 0 Å². The highest BCUT2D eigenvalue weighted by Gasteiger charge is 2.16. The molecule has 0 rings (SSSR count). The van der Waals surface area contributed by atoms with Gasteiger partial charge in [-0.05, 0) is 44.9 Å². The first-order valence-corrected chi connectivity index (χ1v) is 19.9. The number of carbonyl (C=O) groups is 2. The van der Waals surface area contributed by atoms with Gasteiger partial charge in [-0.2, -0.15) is 0 Å². The van der Waals surface area contributed by atoms with E-state index in [2.05, 4.69) is 38.2 Å². The van der Waals surface area contributed by atoms with Crippen LogP contribution in [0, 0.1) is 0 Å². The van der Waals surface area contributed by atoms with Crippen LogP contribution in [0.15, 0.2) is 24.3 Å². The summed E-state index contributed by atoms with van der Waals surface area (Å²) in [6, 6.07) is 0. The number of hydrogen-bond donors (Lipinski definition) is 1. The maximum absolute atomic E-state index is 12.1. The number of carbonyl (C=O) groups excluding carboxylic acids is 2. The zero-order chi connectivity index (χ0) is 33.6. The Kier molecular flexibility index (Phi) is 36.5. The van der Waals surface area contributed by atoms with Crippen LogP contribution in [-0.4, -0.2) is 36.4 Å². The third kappa shape index (κ3) is 35.2. The lowest BCUT2D eigenvalue weighted by Crippen LogP contribution is -2.28. The summed E-state index contributed by atoms with van der Waals surface area (Å²) < 4.78 is 10.6. The smallest absolute Gasteiger partial charge is 0.306 e. The van der Waals surface area contributed by atoms with Crippen molar-refractivity contribution in [2.45, 2.75) is 213 Å². The van der Waals surface area contributed by atoms with E-state index in [1.54, 1.807) is 0 Å². The van der Waals surface area contributed by atoms with E-state index >= 15 is 0 Å². The maximum Gasteiger partial charge on any atom is 0.306 e. The number of aliphatic hydroxyl groups is 1. The van der Waals surface area contributed by atoms with Gasteiger partial charge in [0, 0.05) is 12.8 Å². The fourth-order valence-corrected chi connectivity index (χ4v) is 5.70. The summed E-state index contributed by atoms with van der Waals surface area (Å²) in [5, 5.41) is 9.55. The molecular weight excluding hydrogens is 572 g/mol. The molecule has 0 saturated carbocycles. The normalized spacial score (nSPS) is 12.3. The first kappa shape index (κ1) is 44.4.